The van der Waals surface area contributed by atoms with Gasteiger partial charge in [0.25, 0.3) is 0 Å². The number of rotatable bonds is 2. The van der Waals surface area contributed by atoms with Crippen LogP contribution < -0.4 is 9.92 Å². The third-order valence-electron chi connectivity index (χ3n) is 5.05. The molecule has 3 aromatic rings. The normalized spacial score (nSPS) is 17.2. The quantitative estimate of drug-likeness (QED) is 0.377. The van der Waals surface area contributed by atoms with E-state index >= 15 is 0 Å². The lowest BCUT2D eigenvalue weighted by Gasteiger charge is -2.27. The van der Waals surface area contributed by atoms with Gasteiger partial charge in [-0.05, 0) is 22.4 Å². The van der Waals surface area contributed by atoms with E-state index < -0.39 is 8.07 Å². The second-order valence-electron chi connectivity index (χ2n) is 7.80. The summed E-state index contributed by atoms with van der Waals surface area (Å²) in [6.45, 7) is 7.05. The molecule has 126 valence electrons. The zero-order valence-corrected chi connectivity index (χ0v) is 15.9. The van der Waals surface area contributed by atoms with Gasteiger partial charge in [-0.1, -0.05) is 79.4 Å². The SMILES string of the molecule is C[Si](C)(C)c1ccc([C@H]2CC(=O)Oc3ccc4ccccc4c32)cc1. The van der Waals surface area contributed by atoms with E-state index in [4.69, 9.17) is 4.74 Å². The molecule has 2 nitrogen and oxygen atoms in total. The summed E-state index contributed by atoms with van der Waals surface area (Å²) in [6.07, 6.45) is 0.396. The van der Waals surface area contributed by atoms with Crippen LogP contribution in [0.3, 0.4) is 0 Å². The molecule has 0 amide bonds. The molecule has 3 heteroatoms. The molecule has 0 N–H and O–H groups in total. The second-order valence-corrected chi connectivity index (χ2v) is 12.9. The van der Waals surface area contributed by atoms with Gasteiger partial charge in [0.15, 0.2) is 0 Å². The van der Waals surface area contributed by atoms with E-state index in [1.807, 2.05) is 24.3 Å². The van der Waals surface area contributed by atoms with Gasteiger partial charge in [-0.15, -0.1) is 0 Å². The van der Waals surface area contributed by atoms with Crippen molar-refractivity contribution in [2.45, 2.75) is 32.0 Å². The smallest absolute Gasteiger partial charge is 0.312 e. The fourth-order valence-corrected chi connectivity index (χ4v) is 4.82. The molecule has 0 saturated heterocycles. The van der Waals surface area contributed by atoms with Crippen molar-refractivity contribution in [2.24, 2.45) is 0 Å². The van der Waals surface area contributed by atoms with E-state index in [2.05, 4.69) is 56.0 Å². The molecular weight excluding hydrogens is 324 g/mol. The van der Waals surface area contributed by atoms with Crippen molar-refractivity contribution < 1.29 is 9.53 Å². The molecule has 0 bridgehead atoms. The molecule has 0 radical (unpaired) electrons. The summed E-state index contributed by atoms with van der Waals surface area (Å²) in [4.78, 5) is 12.2. The molecule has 25 heavy (non-hydrogen) atoms. The first-order chi connectivity index (χ1) is 11.9. The van der Waals surface area contributed by atoms with Gasteiger partial charge in [-0.2, -0.15) is 0 Å². The Morgan fingerprint density at radius 2 is 1.64 bits per heavy atom. The molecule has 3 aromatic carbocycles. The first-order valence-electron chi connectivity index (χ1n) is 8.76. The Morgan fingerprint density at radius 3 is 2.36 bits per heavy atom. The van der Waals surface area contributed by atoms with Crippen molar-refractivity contribution in [3.8, 4) is 5.75 Å². The zero-order chi connectivity index (χ0) is 17.6. The average molecular weight is 347 g/mol. The lowest BCUT2D eigenvalue weighted by atomic mass is 9.83. The van der Waals surface area contributed by atoms with Crippen LogP contribution in [-0.4, -0.2) is 14.0 Å². The van der Waals surface area contributed by atoms with Crippen LogP contribution in [0, 0.1) is 0 Å². The monoisotopic (exact) mass is 346 g/mol. The van der Waals surface area contributed by atoms with Crippen molar-refractivity contribution >= 4 is 30.0 Å². The number of hydrogen-bond acceptors (Lipinski definition) is 2. The fraction of sp³-hybridized carbons (Fsp3) is 0.227. The summed E-state index contributed by atoms with van der Waals surface area (Å²) in [6, 6.07) is 21.2. The topological polar surface area (TPSA) is 26.3 Å². The highest BCUT2D eigenvalue weighted by molar-refractivity contribution is 6.88. The van der Waals surface area contributed by atoms with Gasteiger partial charge in [0, 0.05) is 11.5 Å². The predicted molar refractivity (Wildman–Crippen MR) is 105 cm³/mol. The minimum Gasteiger partial charge on any atom is -0.426 e. The van der Waals surface area contributed by atoms with Crippen LogP contribution >= 0.6 is 0 Å². The summed E-state index contributed by atoms with van der Waals surface area (Å²) in [7, 11) is -1.33. The summed E-state index contributed by atoms with van der Waals surface area (Å²) in [5, 5.41) is 3.79. The second kappa shape index (κ2) is 5.85. The Labute approximate surface area is 149 Å². The number of ether oxygens (including phenoxy) is 1. The number of carbonyl (C=O) groups excluding carboxylic acids is 1. The molecule has 1 heterocycles. The van der Waals surface area contributed by atoms with Crippen LogP contribution in [0.15, 0.2) is 60.7 Å². The Kier molecular flexibility index (Phi) is 3.77. The molecule has 1 atom stereocenters. The Hall–Kier alpha value is -2.39. The van der Waals surface area contributed by atoms with Gasteiger partial charge >= 0.3 is 5.97 Å². The standard InChI is InChI=1S/C22H22O2Si/c1-25(2,3)17-11-8-16(9-12-17)19-14-21(23)24-20-13-10-15-6-4-5-7-18(15)22(19)20/h4-13,19H,14H2,1-3H3/t19-/m1/s1. The maximum absolute atomic E-state index is 12.2. The minimum absolute atomic E-state index is 0.0537. The van der Waals surface area contributed by atoms with Gasteiger partial charge in [0.1, 0.15) is 5.75 Å². The third-order valence-corrected chi connectivity index (χ3v) is 7.12. The number of esters is 1. The minimum atomic E-state index is -1.33. The van der Waals surface area contributed by atoms with Crippen LogP contribution in [0.25, 0.3) is 10.8 Å². The zero-order valence-electron chi connectivity index (χ0n) is 14.9. The van der Waals surface area contributed by atoms with Crippen LogP contribution in [0.2, 0.25) is 19.6 Å². The molecule has 0 fully saturated rings. The molecule has 0 aliphatic carbocycles. The molecule has 1 aliphatic heterocycles. The van der Waals surface area contributed by atoms with Gasteiger partial charge in [-0.3, -0.25) is 4.79 Å². The van der Waals surface area contributed by atoms with Gasteiger partial charge in [0.2, 0.25) is 0 Å². The average Bonchev–Trinajstić information content (AvgIpc) is 2.60. The lowest BCUT2D eigenvalue weighted by Crippen LogP contribution is -2.37. The predicted octanol–water partition coefficient (Wildman–Crippen LogP) is 4.83. The molecule has 0 unspecified atom stereocenters. The van der Waals surface area contributed by atoms with Crippen LogP contribution in [0.1, 0.15) is 23.5 Å². The maximum Gasteiger partial charge on any atom is 0.312 e. The summed E-state index contributed by atoms with van der Waals surface area (Å²) >= 11 is 0. The molecule has 1 aliphatic rings. The Balaban J connectivity index is 1.87. The van der Waals surface area contributed by atoms with E-state index in [-0.39, 0.29) is 11.9 Å². The highest BCUT2D eigenvalue weighted by Crippen LogP contribution is 2.42. The summed E-state index contributed by atoms with van der Waals surface area (Å²) < 4.78 is 5.54. The largest absolute Gasteiger partial charge is 0.426 e. The van der Waals surface area contributed by atoms with E-state index in [0.29, 0.717) is 12.2 Å². The van der Waals surface area contributed by atoms with Crippen molar-refractivity contribution in [1.82, 2.24) is 0 Å². The number of carbonyl (C=O) groups is 1. The molecule has 4 rings (SSSR count). The van der Waals surface area contributed by atoms with Crippen molar-refractivity contribution in [1.29, 1.82) is 0 Å². The van der Waals surface area contributed by atoms with Crippen molar-refractivity contribution in [3.05, 3.63) is 71.8 Å². The van der Waals surface area contributed by atoms with Gasteiger partial charge in [-0.25, -0.2) is 0 Å². The highest BCUT2D eigenvalue weighted by Gasteiger charge is 2.30. The van der Waals surface area contributed by atoms with Crippen molar-refractivity contribution in [2.75, 3.05) is 0 Å². The van der Waals surface area contributed by atoms with Gasteiger partial charge in [0.05, 0.1) is 14.5 Å². The molecular formula is C22H22O2Si. The number of fused-ring (bicyclic) bond motifs is 3. The van der Waals surface area contributed by atoms with Crippen LogP contribution in [-0.2, 0) is 4.79 Å². The maximum atomic E-state index is 12.2. The summed E-state index contributed by atoms with van der Waals surface area (Å²) in [5.74, 6) is 0.606. The lowest BCUT2D eigenvalue weighted by molar-refractivity contribution is -0.135. The molecule has 0 spiro atoms. The van der Waals surface area contributed by atoms with E-state index in [9.17, 15) is 4.79 Å². The van der Waals surface area contributed by atoms with Crippen LogP contribution in [0.4, 0.5) is 0 Å². The first-order valence-corrected chi connectivity index (χ1v) is 12.3. The Bertz CT molecular complexity index is 952. The van der Waals surface area contributed by atoms with Crippen molar-refractivity contribution in [3.63, 3.8) is 0 Å². The molecule has 0 aromatic heterocycles. The third kappa shape index (κ3) is 2.89. The van der Waals surface area contributed by atoms with Crippen LogP contribution in [0.5, 0.6) is 5.75 Å². The van der Waals surface area contributed by atoms with E-state index in [1.165, 1.54) is 21.5 Å². The Morgan fingerprint density at radius 1 is 0.920 bits per heavy atom. The first kappa shape index (κ1) is 16.1. The molecule has 0 saturated carbocycles. The number of hydrogen-bond donors (Lipinski definition) is 0. The van der Waals surface area contributed by atoms with Gasteiger partial charge < -0.3 is 4.74 Å². The van der Waals surface area contributed by atoms with E-state index in [0.717, 1.165) is 5.56 Å². The number of benzene rings is 3. The summed E-state index contributed by atoms with van der Waals surface area (Å²) in [5.41, 5.74) is 2.33. The van der Waals surface area contributed by atoms with E-state index in [1.54, 1.807) is 0 Å². The highest BCUT2D eigenvalue weighted by atomic mass is 28.3. The fourth-order valence-electron chi connectivity index (χ4n) is 3.66.